The summed E-state index contributed by atoms with van der Waals surface area (Å²) in [5, 5.41) is 0.862. The molecule has 8 heteroatoms. The van der Waals surface area contributed by atoms with Gasteiger partial charge in [0.15, 0.2) is 10.9 Å². The molecule has 0 saturated carbocycles. The summed E-state index contributed by atoms with van der Waals surface area (Å²) >= 11 is 1.52. The van der Waals surface area contributed by atoms with Crippen LogP contribution in [0.2, 0.25) is 0 Å². The zero-order chi connectivity index (χ0) is 19.9. The first kappa shape index (κ1) is 19.8. The molecule has 1 aromatic carbocycles. The average Bonchev–Trinajstić information content (AvgIpc) is 3.34. The predicted molar refractivity (Wildman–Crippen MR) is 105 cm³/mol. The van der Waals surface area contributed by atoms with Crippen molar-refractivity contribution in [2.24, 2.45) is 7.05 Å². The molecule has 0 aliphatic rings. The van der Waals surface area contributed by atoms with Crippen molar-refractivity contribution in [2.75, 3.05) is 13.7 Å². The zero-order valence-electron chi connectivity index (χ0n) is 15.7. The number of ether oxygens (including phenoxy) is 1. The summed E-state index contributed by atoms with van der Waals surface area (Å²) < 4.78 is 12.4. The number of furan rings is 1. The van der Waals surface area contributed by atoms with E-state index in [9.17, 15) is 9.59 Å². The topological polar surface area (TPSA) is 77.6 Å². The molecule has 1 amide bonds. The number of aryl methyl sites for hydroxylation is 1. The lowest BCUT2D eigenvalue weighted by molar-refractivity contribution is -0.141. The van der Waals surface area contributed by atoms with Gasteiger partial charge in [-0.2, -0.15) is 0 Å². The van der Waals surface area contributed by atoms with Crippen LogP contribution in [0.25, 0.3) is 0 Å². The van der Waals surface area contributed by atoms with Gasteiger partial charge in [-0.3, -0.25) is 9.59 Å². The Morgan fingerprint density at radius 2 is 2.00 bits per heavy atom. The highest BCUT2D eigenvalue weighted by Gasteiger charge is 2.22. The number of hydrogen-bond acceptors (Lipinski definition) is 6. The summed E-state index contributed by atoms with van der Waals surface area (Å²) in [5.74, 6) is 0.557. The molecule has 0 radical (unpaired) electrons. The number of hydrogen-bond donors (Lipinski definition) is 0. The molecule has 0 atom stereocenters. The summed E-state index contributed by atoms with van der Waals surface area (Å²) in [6.45, 7) is 0.134. The van der Waals surface area contributed by atoms with Gasteiger partial charge in [0.05, 0.1) is 12.9 Å². The van der Waals surface area contributed by atoms with Gasteiger partial charge in [0.1, 0.15) is 12.3 Å². The van der Waals surface area contributed by atoms with Gasteiger partial charge in [-0.15, -0.1) is 0 Å². The van der Waals surface area contributed by atoms with Gasteiger partial charge in [0.25, 0.3) is 5.91 Å². The van der Waals surface area contributed by atoms with Gasteiger partial charge in [-0.25, -0.2) is 4.98 Å². The van der Waals surface area contributed by atoms with Crippen molar-refractivity contribution in [3.8, 4) is 0 Å². The highest BCUT2D eigenvalue weighted by atomic mass is 32.2. The summed E-state index contributed by atoms with van der Waals surface area (Å²) in [4.78, 5) is 30.3. The van der Waals surface area contributed by atoms with Crippen molar-refractivity contribution < 1.29 is 18.7 Å². The van der Waals surface area contributed by atoms with E-state index in [0.717, 1.165) is 10.7 Å². The van der Waals surface area contributed by atoms with Crippen LogP contribution in [-0.2, 0) is 28.9 Å². The van der Waals surface area contributed by atoms with E-state index in [4.69, 9.17) is 9.15 Å². The molecule has 0 unspecified atom stereocenters. The molecule has 0 N–H and O–H groups in total. The fourth-order valence-corrected chi connectivity index (χ4v) is 3.40. The number of methoxy groups -OCH3 is 1. The Balaban J connectivity index is 1.70. The van der Waals surface area contributed by atoms with Crippen LogP contribution in [0.3, 0.4) is 0 Å². The fourth-order valence-electron chi connectivity index (χ4n) is 2.58. The summed E-state index contributed by atoms with van der Waals surface area (Å²) in [7, 11) is 3.22. The van der Waals surface area contributed by atoms with E-state index < -0.39 is 5.97 Å². The second kappa shape index (κ2) is 9.27. The maximum atomic E-state index is 12.9. The van der Waals surface area contributed by atoms with E-state index in [0.29, 0.717) is 11.5 Å². The highest BCUT2D eigenvalue weighted by Crippen LogP contribution is 2.22. The lowest BCUT2D eigenvalue weighted by atomic mass is 10.2. The SMILES string of the molecule is COC(=O)CN(Cc1ccccc1)C(=O)c1ccc(CSc2nccn2C)o1. The van der Waals surface area contributed by atoms with E-state index in [2.05, 4.69) is 4.98 Å². The Kier molecular flexibility index (Phi) is 6.54. The van der Waals surface area contributed by atoms with E-state index in [1.807, 2.05) is 48.1 Å². The quantitative estimate of drug-likeness (QED) is 0.428. The zero-order valence-corrected chi connectivity index (χ0v) is 16.5. The van der Waals surface area contributed by atoms with Crippen LogP contribution in [0.1, 0.15) is 21.9 Å². The van der Waals surface area contributed by atoms with Crippen molar-refractivity contribution in [2.45, 2.75) is 17.5 Å². The minimum absolute atomic E-state index is 0.151. The van der Waals surface area contributed by atoms with Gasteiger partial charge >= 0.3 is 5.97 Å². The van der Waals surface area contributed by atoms with Crippen LogP contribution in [0.15, 0.2) is 64.4 Å². The standard InChI is InChI=1S/C20H21N3O4S/c1-22-11-10-21-20(22)28-14-16-8-9-17(27-16)19(25)23(13-18(24)26-2)12-15-6-4-3-5-7-15/h3-11H,12-14H2,1-2H3. The molecule has 0 aliphatic carbocycles. The van der Waals surface area contributed by atoms with Crippen molar-refractivity contribution in [3.05, 3.63) is 71.9 Å². The molecule has 0 aliphatic heterocycles. The number of carbonyl (C=O) groups excluding carboxylic acids is 2. The van der Waals surface area contributed by atoms with Crippen LogP contribution in [0, 0.1) is 0 Å². The van der Waals surface area contributed by atoms with Gasteiger partial charge < -0.3 is 18.6 Å². The molecule has 7 nitrogen and oxygen atoms in total. The van der Waals surface area contributed by atoms with Gasteiger partial charge in [-0.1, -0.05) is 42.1 Å². The van der Waals surface area contributed by atoms with Crippen molar-refractivity contribution in [1.82, 2.24) is 14.5 Å². The molecule has 3 aromatic rings. The molecule has 0 bridgehead atoms. The molecular formula is C20H21N3O4S. The lowest BCUT2D eigenvalue weighted by Gasteiger charge is -2.20. The highest BCUT2D eigenvalue weighted by molar-refractivity contribution is 7.98. The van der Waals surface area contributed by atoms with E-state index >= 15 is 0 Å². The van der Waals surface area contributed by atoms with Gasteiger partial charge in [0.2, 0.25) is 0 Å². The molecule has 0 saturated heterocycles. The van der Waals surface area contributed by atoms with E-state index in [1.54, 1.807) is 18.3 Å². The van der Waals surface area contributed by atoms with Crippen LogP contribution in [0.5, 0.6) is 0 Å². The second-order valence-corrected chi connectivity index (χ2v) is 7.04. The number of rotatable bonds is 8. The predicted octanol–water partition coefficient (Wildman–Crippen LogP) is 3.12. The maximum Gasteiger partial charge on any atom is 0.325 e. The van der Waals surface area contributed by atoms with E-state index in [-0.39, 0.29) is 24.8 Å². The normalized spacial score (nSPS) is 10.6. The van der Waals surface area contributed by atoms with Crippen molar-refractivity contribution in [1.29, 1.82) is 0 Å². The van der Waals surface area contributed by atoms with Crippen molar-refractivity contribution in [3.63, 3.8) is 0 Å². The lowest BCUT2D eigenvalue weighted by Crippen LogP contribution is -2.35. The van der Waals surface area contributed by atoms with Gasteiger partial charge in [-0.05, 0) is 17.7 Å². The number of aromatic nitrogens is 2. The third kappa shape index (κ3) is 5.04. The Morgan fingerprint density at radius 1 is 1.21 bits per heavy atom. The first-order chi connectivity index (χ1) is 13.6. The second-order valence-electron chi connectivity index (χ2n) is 6.10. The molecule has 2 heterocycles. The first-order valence-electron chi connectivity index (χ1n) is 8.65. The third-order valence-corrected chi connectivity index (χ3v) is 5.12. The number of amides is 1. The fraction of sp³-hybridized carbons (Fsp3) is 0.250. The number of nitrogens with zero attached hydrogens (tertiary/aromatic N) is 3. The maximum absolute atomic E-state index is 12.9. The Labute approximate surface area is 167 Å². The number of benzene rings is 1. The number of imidazole rings is 1. The molecule has 2 aromatic heterocycles. The summed E-state index contributed by atoms with van der Waals surface area (Å²) in [6.07, 6.45) is 3.60. The molecular weight excluding hydrogens is 378 g/mol. The Bertz CT molecular complexity index is 936. The molecule has 28 heavy (non-hydrogen) atoms. The van der Waals surface area contributed by atoms with Crippen LogP contribution in [0.4, 0.5) is 0 Å². The number of carbonyl (C=O) groups is 2. The molecule has 146 valence electrons. The minimum Gasteiger partial charge on any atom is -0.468 e. The Morgan fingerprint density at radius 3 is 2.68 bits per heavy atom. The largest absolute Gasteiger partial charge is 0.468 e. The monoisotopic (exact) mass is 399 g/mol. The number of thioether (sulfide) groups is 1. The molecule has 0 fully saturated rings. The summed E-state index contributed by atoms with van der Waals surface area (Å²) in [5.41, 5.74) is 0.914. The minimum atomic E-state index is -0.485. The third-order valence-electron chi connectivity index (χ3n) is 4.04. The first-order valence-corrected chi connectivity index (χ1v) is 9.64. The summed E-state index contributed by atoms with van der Waals surface area (Å²) in [6, 6.07) is 12.9. The van der Waals surface area contributed by atoms with Crippen LogP contribution < -0.4 is 0 Å². The number of esters is 1. The molecule has 3 rings (SSSR count). The van der Waals surface area contributed by atoms with E-state index in [1.165, 1.54) is 23.8 Å². The van der Waals surface area contributed by atoms with Crippen molar-refractivity contribution >= 4 is 23.6 Å². The van der Waals surface area contributed by atoms with Gasteiger partial charge in [0, 0.05) is 26.0 Å². The smallest absolute Gasteiger partial charge is 0.325 e. The van der Waals surface area contributed by atoms with Crippen LogP contribution in [-0.4, -0.2) is 40.0 Å². The average molecular weight is 399 g/mol. The molecule has 0 spiro atoms. The van der Waals surface area contributed by atoms with Crippen LogP contribution >= 0.6 is 11.8 Å². The Hall–Kier alpha value is -3.00.